The van der Waals surface area contributed by atoms with Crippen LogP contribution in [0.4, 0.5) is 0 Å². The number of benzene rings is 4. The first-order valence-corrected chi connectivity index (χ1v) is 16.3. The van der Waals surface area contributed by atoms with Crippen molar-refractivity contribution >= 4 is 19.9 Å². The summed E-state index contributed by atoms with van der Waals surface area (Å²) in [5.74, 6) is 0.482. The van der Waals surface area contributed by atoms with Gasteiger partial charge in [-0.05, 0) is 62.7 Å². The van der Waals surface area contributed by atoms with Gasteiger partial charge in [0.1, 0.15) is 5.75 Å². The number of nitrogens with zero attached hydrogens (tertiary/aromatic N) is 1. The first-order chi connectivity index (χ1) is 19.8. The topological polar surface area (TPSA) is 59.3 Å². The molecule has 208 valence electrons. The molecule has 0 saturated carbocycles. The summed E-state index contributed by atoms with van der Waals surface area (Å²) >= 11 is 0. The molecule has 0 aliphatic heterocycles. The van der Waals surface area contributed by atoms with Gasteiger partial charge >= 0.3 is 5.97 Å². The van der Waals surface area contributed by atoms with E-state index in [4.69, 9.17) is 9.16 Å². The number of carbonyl (C=O) groups is 1. The van der Waals surface area contributed by atoms with Crippen molar-refractivity contribution in [3.05, 3.63) is 131 Å². The van der Waals surface area contributed by atoms with E-state index in [9.17, 15) is 10.1 Å². The molecule has 0 fully saturated rings. The highest BCUT2D eigenvalue weighted by Gasteiger charge is 2.44. The Kier molecular flexibility index (Phi) is 9.60. The number of ether oxygens (including phenoxy) is 1. The Labute approximate surface area is 245 Å². The summed E-state index contributed by atoms with van der Waals surface area (Å²) in [4.78, 5) is 12.2. The number of methoxy groups -OCH3 is 1. The highest BCUT2D eigenvalue weighted by molar-refractivity contribution is 6.76. The molecule has 0 aliphatic rings. The minimum absolute atomic E-state index is 0.375. The maximum atomic E-state index is 12.2. The van der Waals surface area contributed by atoms with Crippen LogP contribution in [0, 0.1) is 11.3 Å². The number of rotatable bonds is 10. The van der Waals surface area contributed by atoms with Crippen molar-refractivity contribution in [1.82, 2.24) is 0 Å². The van der Waals surface area contributed by atoms with Crippen LogP contribution < -0.4 is 4.43 Å². The second kappa shape index (κ2) is 13.3. The molecule has 0 atom stereocenters. The van der Waals surface area contributed by atoms with Gasteiger partial charge in [-0.1, -0.05) is 113 Å². The Morgan fingerprint density at radius 1 is 0.805 bits per heavy atom. The van der Waals surface area contributed by atoms with Gasteiger partial charge in [-0.15, -0.1) is 0 Å². The predicted molar refractivity (Wildman–Crippen MR) is 169 cm³/mol. The van der Waals surface area contributed by atoms with Crippen molar-refractivity contribution in [2.75, 3.05) is 7.11 Å². The fraction of sp³-hybridized carbons (Fsp3) is 0.222. The highest BCUT2D eigenvalue weighted by atomic mass is 28.4. The zero-order valence-electron chi connectivity index (χ0n) is 24.4. The summed E-state index contributed by atoms with van der Waals surface area (Å²) in [5.41, 5.74) is 7.30. The summed E-state index contributed by atoms with van der Waals surface area (Å²) in [6.45, 7) is 9.07. The zero-order chi connectivity index (χ0) is 29.4. The van der Waals surface area contributed by atoms with Crippen LogP contribution in [-0.2, 0) is 15.6 Å². The lowest BCUT2D eigenvalue weighted by Crippen LogP contribution is -2.50. The quantitative estimate of drug-likeness (QED) is 0.111. The molecule has 0 saturated heterocycles. The SMILES string of the molecule is COC(=O)/C=C(\c1ccccc1)c1ccc(C[Si](Oc2ccc(-c3ccccc3C#N)cc2)(C(C)C)C(C)C)cc1. The van der Waals surface area contributed by atoms with Gasteiger partial charge < -0.3 is 9.16 Å². The lowest BCUT2D eigenvalue weighted by Gasteiger charge is -2.39. The predicted octanol–water partition coefficient (Wildman–Crippen LogP) is 8.76. The first-order valence-electron chi connectivity index (χ1n) is 14.0. The number of carbonyl (C=O) groups excluding carboxylic acids is 1. The molecular weight excluding hydrogens is 522 g/mol. The van der Waals surface area contributed by atoms with Crippen LogP contribution in [0.3, 0.4) is 0 Å². The van der Waals surface area contributed by atoms with Gasteiger partial charge in [0.2, 0.25) is 0 Å². The smallest absolute Gasteiger partial charge is 0.331 e. The Balaban J connectivity index is 1.62. The molecule has 41 heavy (non-hydrogen) atoms. The van der Waals surface area contributed by atoms with E-state index in [0.717, 1.165) is 39.6 Å². The minimum atomic E-state index is -2.33. The third-order valence-corrected chi connectivity index (χ3v) is 13.3. The van der Waals surface area contributed by atoms with E-state index >= 15 is 0 Å². The van der Waals surface area contributed by atoms with Crippen molar-refractivity contribution in [3.63, 3.8) is 0 Å². The molecule has 4 nitrogen and oxygen atoms in total. The van der Waals surface area contributed by atoms with E-state index in [1.165, 1.54) is 12.7 Å². The standard InChI is InChI=1S/C36H37NO3Si/c1-26(2)41(27(3)4,40-33-21-19-30(20-22-33)34-14-10-9-13-32(34)24-37)25-28-15-17-31(18-16-28)35(23-36(38)39-5)29-11-7-6-8-12-29/h6-23,26-27H,25H2,1-5H3/b35-23+. The highest BCUT2D eigenvalue weighted by Crippen LogP contribution is 2.38. The maximum absolute atomic E-state index is 12.2. The molecule has 0 radical (unpaired) electrons. The Morgan fingerprint density at radius 2 is 1.39 bits per heavy atom. The minimum Gasteiger partial charge on any atom is -0.543 e. The normalized spacial score (nSPS) is 11.8. The fourth-order valence-electron chi connectivity index (χ4n) is 5.35. The average molecular weight is 560 g/mol. The van der Waals surface area contributed by atoms with E-state index in [-0.39, 0.29) is 5.97 Å². The van der Waals surface area contributed by atoms with Crippen LogP contribution in [0.2, 0.25) is 11.1 Å². The lowest BCUT2D eigenvalue weighted by atomic mass is 9.97. The lowest BCUT2D eigenvalue weighted by molar-refractivity contribution is -0.134. The van der Waals surface area contributed by atoms with E-state index < -0.39 is 8.32 Å². The summed E-state index contributed by atoms with van der Waals surface area (Å²) in [6.07, 6.45) is 1.55. The third kappa shape index (κ3) is 6.85. The molecule has 4 aromatic carbocycles. The number of nitriles is 1. The number of hydrogen-bond acceptors (Lipinski definition) is 4. The van der Waals surface area contributed by atoms with Crippen LogP contribution in [0.25, 0.3) is 16.7 Å². The van der Waals surface area contributed by atoms with Gasteiger partial charge in [0.15, 0.2) is 0 Å². The van der Waals surface area contributed by atoms with E-state index in [1.54, 1.807) is 6.08 Å². The van der Waals surface area contributed by atoms with Crippen molar-refractivity contribution in [1.29, 1.82) is 5.26 Å². The molecule has 0 spiro atoms. The van der Waals surface area contributed by atoms with E-state index in [2.05, 4.69) is 58.0 Å². The Bertz CT molecular complexity index is 1520. The molecule has 0 bridgehead atoms. The fourth-order valence-corrected chi connectivity index (χ4v) is 9.49. The van der Waals surface area contributed by atoms with Crippen molar-refractivity contribution in [2.45, 2.75) is 44.8 Å². The number of hydrogen-bond donors (Lipinski definition) is 0. The molecule has 0 aliphatic carbocycles. The molecule has 0 unspecified atom stereocenters. The van der Waals surface area contributed by atoms with Crippen molar-refractivity contribution in [2.24, 2.45) is 0 Å². The largest absolute Gasteiger partial charge is 0.543 e. The monoisotopic (exact) mass is 559 g/mol. The van der Waals surface area contributed by atoms with Crippen molar-refractivity contribution < 1.29 is 14.0 Å². The van der Waals surface area contributed by atoms with Crippen molar-refractivity contribution in [3.8, 4) is 22.9 Å². The Hall–Kier alpha value is -4.40. The van der Waals surface area contributed by atoms with E-state index in [0.29, 0.717) is 16.6 Å². The Morgan fingerprint density at radius 3 is 1.98 bits per heavy atom. The van der Waals surface area contributed by atoms with E-state index in [1.807, 2.05) is 78.9 Å². The first kappa shape index (κ1) is 29.6. The summed E-state index contributed by atoms with van der Waals surface area (Å²) in [5, 5.41) is 9.51. The van der Waals surface area contributed by atoms with Crippen LogP contribution in [0.15, 0.2) is 109 Å². The molecule has 0 heterocycles. The average Bonchev–Trinajstić information content (AvgIpc) is 3.00. The molecular formula is C36H37NO3Si. The van der Waals surface area contributed by atoms with Crippen LogP contribution in [0.5, 0.6) is 5.75 Å². The van der Waals surface area contributed by atoms with Crippen LogP contribution in [-0.4, -0.2) is 21.4 Å². The van der Waals surface area contributed by atoms with Gasteiger partial charge in [0.25, 0.3) is 8.32 Å². The van der Waals surface area contributed by atoms with Gasteiger partial charge in [0, 0.05) is 12.1 Å². The summed E-state index contributed by atoms with van der Waals surface area (Å²) in [7, 11) is -0.934. The molecule has 0 amide bonds. The summed E-state index contributed by atoms with van der Waals surface area (Å²) in [6, 6.07) is 37.3. The summed E-state index contributed by atoms with van der Waals surface area (Å²) < 4.78 is 11.9. The molecule has 0 aromatic heterocycles. The molecule has 4 aromatic rings. The molecule has 5 heteroatoms. The van der Waals surface area contributed by atoms with Gasteiger partial charge in [-0.3, -0.25) is 0 Å². The van der Waals surface area contributed by atoms with Gasteiger partial charge in [-0.2, -0.15) is 5.26 Å². The third-order valence-electron chi connectivity index (χ3n) is 7.77. The zero-order valence-corrected chi connectivity index (χ0v) is 25.4. The number of esters is 1. The molecule has 0 N–H and O–H groups in total. The van der Waals surface area contributed by atoms with Crippen LogP contribution >= 0.6 is 0 Å². The van der Waals surface area contributed by atoms with Gasteiger partial charge in [-0.25, -0.2) is 4.79 Å². The second-order valence-corrected chi connectivity index (χ2v) is 15.6. The molecule has 4 rings (SSSR count). The second-order valence-electron chi connectivity index (χ2n) is 10.9. The maximum Gasteiger partial charge on any atom is 0.331 e. The van der Waals surface area contributed by atoms with Gasteiger partial charge in [0.05, 0.1) is 18.7 Å². The van der Waals surface area contributed by atoms with Crippen LogP contribution in [0.1, 0.15) is 49.9 Å².